The van der Waals surface area contributed by atoms with Crippen LogP contribution in [0.5, 0.6) is 0 Å². The number of hydrogen-bond acceptors (Lipinski definition) is 5. The monoisotopic (exact) mass is 889 g/mol. The molecule has 0 aliphatic carbocycles. The molecule has 0 bridgehead atoms. The summed E-state index contributed by atoms with van der Waals surface area (Å²) in [7, 11) is 0. The van der Waals surface area contributed by atoms with E-state index in [-0.39, 0.29) is 25.2 Å². The summed E-state index contributed by atoms with van der Waals surface area (Å²) < 4.78 is 17.4. The van der Waals surface area contributed by atoms with Gasteiger partial charge in [0.15, 0.2) is 6.10 Å². The van der Waals surface area contributed by atoms with Crippen LogP contribution in [0.25, 0.3) is 0 Å². The number of unbranched alkanes of at least 4 members (excludes halogenated alkanes) is 21. The molecule has 0 aromatic heterocycles. The Kier molecular flexibility index (Phi) is 51.5. The van der Waals surface area contributed by atoms with E-state index in [4.69, 9.17) is 14.2 Å². The highest BCUT2D eigenvalue weighted by Crippen LogP contribution is 2.13. The zero-order chi connectivity index (χ0) is 46.3. The second kappa shape index (κ2) is 54.2. The summed E-state index contributed by atoms with van der Waals surface area (Å²) in [5.74, 6) is -0.485. The second-order valence-corrected chi connectivity index (χ2v) is 17.4. The number of carbonyl (C=O) groups excluding carboxylic acids is 2. The van der Waals surface area contributed by atoms with Crippen LogP contribution >= 0.6 is 0 Å². The Labute approximate surface area is 396 Å². The van der Waals surface area contributed by atoms with Crippen molar-refractivity contribution >= 4 is 11.9 Å². The first-order valence-corrected chi connectivity index (χ1v) is 26.8. The Morgan fingerprint density at radius 1 is 0.359 bits per heavy atom. The van der Waals surface area contributed by atoms with Crippen molar-refractivity contribution in [1.29, 1.82) is 0 Å². The van der Waals surface area contributed by atoms with E-state index in [9.17, 15) is 9.59 Å². The minimum absolute atomic E-state index is 0.0435. The Morgan fingerprint density at radius 2 is 0.719 bits per heavy atom. The van der Waals surface area contributed by atoms with Gasteiger partial charge in [-0.2, -0.15) is 0 Å². The van der Waals surface area contributed by atoms with Crippen LogP contribution in [0.4, 0.5) is 0 Å². The van der Waals surface area contributed by atoms with Crippen LogP contribution in [0.15, 0.2) is 97.2 Å². The molecule has 0 rings (SSSR count). The maximum Gasteiger partial charge on any atom is 0.306 e. The summed E-state index contributed by atoms with van der Waals surface area (Å²) >= 11 is 0. The van der Waals surface area contributed by atoms with Crippen molar-refractivity contribution in [3.63, 3.8) is 0 Å². The van der Waals surface area contributed by atoms with Crippen LogP contribution in [-0.2, 0) is 23.8 Å². The molecular formula is C59H100O5. The van der Waals surface area contributed by atoms with Gasteiger partial charge in [-0.3, -0.25) is 9.59 Å². The Hall–Kier alpha value is -3.18. The third-order valence-electron chi connectivity index (χ3n) is 11.1. The molecule has 1 unspecified atom stereocenters. The molecule has 0 spiro atoms. The molecule has 0 saturated heterocycles. The van der Waals surface area contributed by atoms with Gasteiger partial charge >= 0.3 is 11.9 Å². The van der Waals surface area contributed by atoms with Crippen molar-refractivity contribution < 1.29 is 23.8 Å². The van der Waals surface area contributed by atoms with Crippen LogP contribution in [0.2, 0.25) is 0 Å². The third-order valence-corrected chi connectivity index (χ3v) is 11.1. The van der Waals surface area contributed by atoms with Crippen LogP contribution in [0, 0.1) is 0 Å². The first-order valence-electron chi connectivity index (χ1n) is 26.8. The standard InChI is InChI=1S/C59H100O5/c1-4-7-10-13-16-19-22-25-28-30-32-34-37-40-43-46-49-52-58(60)63-56-57(55-62-54-51-48-45-42-39-36-33-29-26-23-20-17-14-11-8-5-2)64-59(61)53-50-47-44-41-38-35-31-27-24-21-18-15-12-9-6-3/h7,10,16,18-19,21,25-29,31-32,34,40,43,57H,4-6,8-9,11-15,17,20,22-24,30,33,35-39,41-42,44-56H2,1-3H3/b10-7-,19-16-,21-18-,28-25-,29-26-,31-27-,34-32-,43-40-. The van der Waals surface area contributed by atoms with Crippen LogP contribution in [-0.4, -0.2) is 37.9 Å². The normalized spacial score (nSPS) is 13.0. The van der Waals surface area contributed by atoms with E-state index in [0.29, 0.717) is 19.4 Å². The van der Waals surface area contributed by atoms with Gasteiger partial charge in [0.25, 0.3) is 0 Å². The third kappa shape index (κ3) is 51.5. The number of esters is 2. The van der Waals surface area contributed by atoms with E-state index in [1.54, 1.807) is 0 Å². The molecule has 64 heavy (non-hydrogen) atoms. The lowest BCUT2D eigenvalue weighted by molar-refractivity contribution is -0.163. The largest absolute Gasteiger partial charge is 0.462 e. The summed E-state index contributed by atoms with van der Waals surface area (Å²) in [6.07, 6.45) is 72.8. The van der Waals surface area contributed by atoms with Crippen LogP contribution in [0.1, 0.15) is 239 Å². The van der Waals surface area contributed by atoms with Gasteiger partial charge in [-0.15, -0.1) is 0 Å². The molecule has 5 nitrogen and oxygen atoms in total. The smallest absolute Gasteiger partial charge is 0.306 e. The predicted octanol–water partition coefficient (Wildman–Crippen LogP) is 18.2. The van der Waals surface area contributed by atoms with E-state index in [1.807, 2.05) is 0 Å². The first kappa shape index (κ1) is 60.8. The van der Waals surface area contributed by atoms with E-state index in [0.717, 1.165) is 89.9 Å². The molecule has 0 aliphatic heterocycles. The summed E-state index contributed by atoms with van der Waals surface area (Å²) in [6, 6.07) is 0. The number of ether oxygens (including phenoxy) is 3. The molecule has 0 N–H and O–H groups in total. The molecule has 0 fully saturated rings. The summed E-state index contributed by atoms with van der Waals surface area (Å²) in [6.45, 7) is 7.60. The summed E-state index contributed by atoms with van der Waals surface area (Å²) in [4.78, 5) is 25.4. The predicted molar refractivity (Wildman–Crippen MR) is 279 cm³/mol. The van der Waals surface area contributed by atoms with Gasteiger partial charge in [-0.05, 0) is 116 Å². The van der Waals surface area contributed by atoms with Crippen molar-refractivity contribution in [1.82, 2.24) is 0 Å². The fourth-order valence-electron chi connectivity index (χ4n) is 7.10. The van der Waals surface area contributed by atoms with Gasteiger partial charge in [0.2, 0.25) is 0 Å². The number of rotatable bonds is 48. The minimum Gasteiger partial charge on any atom is -0.462 e. The minimum atomic E-state index is -0.575. The van der Waals surface area contributed by atoms with Crippen molar-refractivity contribution in [2.24, 2.45) is 0 Å². The average molecular weight is 889 g/mol. The zero-order valence-corrected chi connectivity index (χ0v) is 42.0. The Bertz CT molecular complexity index is 1230. The highest BCUT2D eigenvalue weighted by molar-refractivity contribution is 5.70. The fraction of sp³-hybridized carbons (Fsp3) is 0.695. The molecule has 0 aromatic carbocycles. The van der Waals surface area contributed by atoms with Crippen molar-refractivity contribution in [2.45, 2.75) is 245 Å². The second-order valence-electron chi connectivity index (χ2n) is 17.4. The van der Waals surface area contributed by atoms with E-state index in [1.165, 1.54) is 116 Å². The van der Waals surface area contributed by atoms with Crippen molar-refractivity contribution in [2.75, 3.05) is 19.8 Å². The number of allylic oxidation sites excluding steroid dienone is 16. The van der Waals surface area contributed by atoms with Gasteiger partial charge in [0, 0.05) is 19.4 Å². The Balaban J connectivity index is 4.41. The van der Waals surface area contributed by atoms with Gasteiger partial charge in [0.1, 0.15) is 6.61 Å². The highest BCUT2D eigenvalue weighted by atomic mass is 16.6. The van der Waals surface area contributed by atoms with E-state index >= 15 is 0 Å². The number of hydrogen-bond donors (Lipinski definition) is 0. The summed E-state index contributed by atoms with van der Waals surface area (Å²) in [5.41, 5.74) is 0. The molecule has 5 heteroatoms. The molecule has 0 aliphatic rings. The summed E-state index contributed by atoms with van der Waals surface area (Å²) in [5, 5.41) is 0. The zero-order valence-electron chi connectivity index (χ0n) is 42.0. The quantitative estimate of drug-likeness (QED) is 0.0346. The van der Waals surface area contributed by atoms with Gasteiger partial charge in [-0.25, -0.2) is 0 Å². The van der Waals surface area contributed by atoms with Crippen LogP contribution in [0.3, 0.4) is 0 Å². The maximum atomic E-state index is 12.8. The lowest BCUT2D eigenvalue weighted by Gasteiger charge is -2.18. The lowest BCUT2D eigenvalue weighted by atomic mass is 10.1. The van der Waals surface area contributed by atoms with Gasteiger partial charge in [0.05, 0.1) is 6.61 Å². The molecule has 0 amide bonds. The highest BCUT2D eigenvalue weighted by Gasteiger charge is 2.17. The first-order chi connectivity index (χ1) is 31.6. The molecular weight excluding hydrogens is 789 g/mol. The molecule has 0 saturated carbocycles. The van der Waals surface area contributed by atoms with Gasteiger partial charge < -0.3 is 14.2 Å². The number of carbonyl (C=O) groups is 2. The van der Waals surface area contributed by atoms with Crippen molar-refractivity contribution in [3.8, 4) is 0 Å². The van der Waals surface area contributed by atoms with Crippen molar-refractivity contribution in [3.05, 3.63) is 97.2 Å². The maximum absolute atomic E-state index is 12.8. The molecule has 0 radical (unpaired) electrons. The molecule has 0 heterocycles. The van der Waals surface area contributed by atoms with E-state index < -0.39 is 6.10 Å². The topological polar surface area (TPSA) is 61.8 Å². The van der Waals surface area contributed by atoms with Crippen LogP contribution < -0.4 is 0 Å². The fourth-order valence-corrected chi connectivity index (χ4v) is 7.10. The SMILES string of the molecule is CC/C=C\C/C=C\C/C=C\C/C=C\C/C=C\CCCC(=O)OCC(COCCCCCCCC/C=C\CCCCCCCC)OC(=O)CCCCCCC/C=C\C/C=C\CCCCC. The molecule has 0 aromatic rings. The molecule has 366 valence electrons. The molecule has 1 atom stereocenters. The lowest BCUT2D eigenvalue weighted by Crippen LogP contribution is -2.30. The average Bonchev–Trinajstić information content (AvgIpc) is 3.30. The van der Waals surface area contributed by atoms with E-state index in [2.05, 4.69) is 118 Å². The van der Waals surface area contributed by atoms with Gasteiger partial charge in [-0.1, -0.05) is 208 Å². The Morgan fingerprint density at radius 3 is 1.22 bits per heavy atom.